The molecular formula is C22H26BrClN2O4. The molecule has 0 heterocycles. The summed E-state index contributed by atoms with van der Waals surface area (Å²) in [6, 6.07) is 11.8. The summed E-state index contributed by atoms with van der Waals surface area (Å²) in [6.07, 6.45) is 0.815. The maximum Gasteiger partial charge on any atom is 0.261 e. The summed E-state index contributed by atoms with van der Waals surface area (Å²) in [5.41, 5.74) is 0.852. The Labute approximate surface area is 190 Å². The van der Waals surface area contributed by atoms with E-state index >= 15 is 0 Å². The first-order chi connectivity index (χ1) is 14.3. The van der Waals surface area contributed by atoms with Gasteiger partial charge in [-0.2, -0.15) is 0 Å². The molecular weight excluding hydrogens is 472 g/mol. The van der Waals surface area contributed by atoms with Gasteiger partial charge in [0, 0.05) is 18.1 Å². The molecule has 162 valence electrons. The fourth-order valence-corrected chi connectivity index (χ4v) is 3.56. The van der Waals surface area contributed by atoms with Crippen molar-refractivity contribution < 1.29 is 19.1 Å². The van der Waals surface area contributed by atoms with Crippen LogP contribution < -0.4 is 14.8 Å². The van der Waals surface area contributed by atoms with Gasteiger partial charge in [-0.1, -0.05) is 30.7 Å². The van der Waals surface area contributed by atoms with E-state index in [1.165, 1.54) is 4.90 Å². The molecule has 0 fully saturated rings. The Morgan fingerprint density at radius 2 is 2.00 bits per heavy atom. The number of benzene rings is 2. The highest BCUT2D eigenvalue weighted by Crippen LogP contribution is 2.28. The third kappa shape index (κ3) is 6.92. The molecule has 0 saturated heterocycles. The van der Waals surface area contributed by atoms with Crippen LogP contribution in [-0.4, -0.2) is 43.0 Å². The summed E-state index contributed by atoms with van der Waals surface area (Å²) in [7, 11) is 1.58. The lowest BCUT2D eigenvalue weighted by Gasteiger charge is -2.29. The SMILES string of the molecule is CCCNC(=O)[C@@H](C)N(Cc1cccc(OC)c1)C(=O)COc1ccc(Cl)cc1Br. The molecule has 0 aromatic heterocycles. The van der Waals surface area contributed by atoms with Crippen LogP contribution in [0.4, 0.5) is 0 Å². The lowest BCUT2D eigenvalue weighted by atomic mass is 10.1. The number of halogens is 2. The van der Waals surface area contributed by atoms with Gasteiger partial charge >= 0.3 is 0 Å². The van der Waals surface area contributed by atoms with Gasteiger partial charge in [0.15, 0.2) is 6.61 Å². The van der Waals surface area contributed by atoms with Crippen molar-refractivity contribution in [2.24, 2.45) is 0 Å². The molecule has 0 aliphatic heterocycles. The van der Waals surface area contributed by atoms with E-state index in [-0.39, 0.29) is 25.0 Å². The molecule has 0 unspecified atom stereocenters. The van der Waals surface area contributed by atoms with Gasteiger partial charge in [-0.15, -0.1) is 0 Å². The van der Waals surface area contributed by atoms with Crippen LogP contribution >= 0.6 is 27.5 Å². The van der Waals surface area contributed by atoms with E-state index in [9.17, 15) is 9.59 Å². The summed E-state index contributed by atoms with van der Waals surface area (Å²) in [4.78, 5) is 27.1. The van der Waals surface area contributed by atoms with Gasteiger partial charge in [-0.05, 0) is 65.2 Å². The van der Waals surface area contributed by atoms with Gasteiger partial charge in [-0.3, -0.25) is 9.59 Å². The number of hydrogen-bond donors (Lipinski definition) is 1. The van der Waals surface area contributed by atoms with Crippen molar-refractivity contribution >= 4 is 39.3 Å². The zero-order chi connectivity index (χ0) is 22.1. The number of nitrogens with zero attached hydrogens (tertiary/aromatic N) is 1. The molecule has 2 aromatic carbocycles. The standard InChI is InChI=1S/C22H26BrClN2O4/c1-4-10-25-22(28)15(2)26(13-16-6-5-7-18(11-16)29-3)21(27)14-30-20-9-8-17(24)12-19(20)23/h5-9,11-12,15H,4,10,13-14H2,1-3H3,(H,25,28)/t15-/m1/s1. The number of carbonyl (C=O) groups excluding carboxylic acids is 2. The van der Waals surface area contributed by atoms with Crippen molar-refractivity contribution in [3.63, 3.8) is 0 Å². The number of carbonyl (C=O) groups is 2. The van der Waals surface area contributed by atoms with Crippen molar-refractivity contribution in [1.29, 1.82) is 0 Å². The van der Waals surface area contributed by atoms with Gasteiger partial charge in [0.25, 0.3) is 5.91 Å². The molecule has 2 aromatic rings. The lowest BCUT2D eigenvalue weighted by Crippen LogP contribution is -2.49. The lowest BCUT2D eigenvalue weighted by molar-refractivity contribution is -0.142. The van der Waals surface area contributed by atoms with Crippen LogP contribution in [0.15, 0.2) is 46.9 Å². The molecule has 0 bridgehead atoms. The van der Waals surface area contributed by atoms with Crippen LogP contribution in [0.3, 0.4) is 0 Å². The Balaban J connectivity index is 2.17. The zero-order valence-electron chi connectivity index (χ0n) is 17.3. The Hall–Kier alpha value is -2.25. The second kappa shape index (κ2) is 11.8. The topological polar surface area (TPSA) is 67.9 Å². The predicted octanol–water partition coefficient (Wildman–Crippen LogP) is 4.43. The molecule has 1 N–H and O–H groups in total. The minimum absolute atomic E-state index is 0.208. The van der Waals surface area contributed by atoms with E-state index in [1.807, 2.05) is 31.2 Å². The Kier molecular flexibility index (Phi) is 9.46. The van der Waals surface area contributed by atoms with Crippen molar-refractivity contribution in [2.75, 3.05) is 20.3 Å². The largest absolute Gasteiger partial charge is 0.497 e. The first kappa shape index (κ1) is 24.0. The van der Waals surface area contributed by atoms with E-state index in [2.05, 4.69) is 21.2 Å². The summed E-state index contributed by atoms with van der Waals surface area (Å²) in [6.45, 7) is 4.28. The molecule has 2 amide bonds. The van der Waals surface area contributed by atoms with Crippen LogP contribution in [0.5, 0.6) is 11.5 Å². The summed E-state index contributed by atoms with van der Waals surface area (Å²) >= 11 is 9.32. The van der Waals surface area contributed by atoms with Crippen molar-refractivity contribution in [1.82, 2.24) is 10.2 Å². The number of nitrogens with one attached hydrogen (secondary N) is 1. The van der Waals surface area contributed by atoms with Crippen molar-refractivity contribution in [3.05, 3.63) is 57.5 Å². The van der Waals surface area contributed by atoms with Crippen molar-refractivity contribution in [3.8, 4) is 11.5 Å². The van der Waals surface area contributed by atoms with Gasteiger partial charge in [0.05, 0.1) is 11.6 Å². The van der Waals surface area contributed by atoms with E-state index in [0.717, 1.165) is 12.0 Å². The third-order valence-corrected chi connectivity index (χ3v) is 5.30. The maximum atomic E-state index is 13.0. The molecule has 2 rings (SSSR count). The minimum Gasteiger partial charge on any atom is -0.497 e. The molecule has 0 saturated carbocycles. The van der Waals surface area contributed by atoms with Gasteiger partial charge in [0.2, 0.25) is 5.91 Å². The fraction of sp³-hybridized carbons (Fsp3) is 0.364. The predicted molar refractivity (Wildman–Crippen MR) is 121 cm³/mol. The van der Waals surface area contributed by atoms with Crippen LogP contribution in [0.25, 0.3) is 0 Å². The molecule has 6 nitrogen and oxygen atoms in total. The summed E-state index contributed by atoms with van der Waals surface area (Å²) < 4.78 is 11.6. The van der Waals surface area contributed by atoms with Crippen LogP contribution in [-0.2, 0) is 16.1 Å². The van der Waals surface area contributed by atoms with Crippen LogP contribution in [0, 0.1) is 0 Å². The maximum absolute atomic E-state index is 13.0. The summed E-state index contributed by atoms with van der Waals surface area (Å²) in [5.74, 6) is 0.668. The second-order valence-electron chi connectivity index (χ2n) is 6.70. The first-order valence-electron chi connectivity index (χ1n) is 9.63. The zero-order valence-corrected chi connectivity index (χ0v) is 19.6. The third-order valence-electron chi connectivity index (χ3n) is 4.45. The number of methoxy groups -OCH3 is 1. The number of ether oxygens (including phenoxy) is 2. The van der Waals surface area contributed by atoms with E-state index in [4.69, 9.17) is 21.1 Å². The fourth-order valence-electron chi connectivity index (χ4n) is 2.76. The van der Waals surface area contributed by atoms with Gasteiger partial charge in [0.1, 0.15) is 17.5 Å². The monoisotopic (exact) mass is 496 g/mol. The molecule has 30 heavy (non-hydrogen) atoms. The Morgan fingerprint density at radius 3 is 2.67 bits per heavy atom. The number of hydrogen-bond acceptors (Lipinski definition) is 4. The number of amides is 2. The molecule has 1 atom stereocenters. The Morgan fingerprint density at radius 1 is 1.23 bits per heavy atom. The Bertz CT molecular complexity index is 878. The van der Waals surface area contributed by atoms with E-state index in [1.54, 1.807) is 32.2 Å². The van der Waals surface area contributed by atoms with E-state index in [0.29, 0.717) is 27.5 Å². The highest BCUT2D eigenvalue weighted by molar-refractivity contribution is 9.10. The minimum atomic E-state index is -0.660. The highest BCUT2D eigenvalue weighted by Gasteiger charge is 2.26. The van der Waals surface area contributed by atoms with E-state index < -0.39 is 6.04 Å². The molecule has 0 spiro atoms. The van der Waals surface area contributed by atoms with Gasteiger partial charge in [-0.25, -0.2) is 0 Å². The normalized spacial score (nSPS) is 11.5. The average Bonchev–Trinajstić information content (AvgIpc) is 2.74. The molecule has 0 aliphatic rings. The van der Waals surface area contributed by atoms with Gasteiger partial charge < -0.3 is 19.7 Å². The molecule has 0 radical (unpaired) electrons. The quantitative estimate of drug-likeness (QED) is 0.527. The number of rotatable bonds is 10. The first-order valence-corrected chi connectivity index (χ1v) is 10.8. The smallest absolute Gasteiger partial charge is 0.261 e. The molecule has 0 aliphatic carbocycles. The highest BCUT2D eigenvalue weighted by atomic mass is 79.9. The van der Waals surface area contributed by atoms with Crippen molar-refractivity contribution in [2.45, 2.75) is 32.9 Å². The summed E-state index contributed by atoms with van der Waals surface area (Å²) in [5, 5.41) is 3.40. The average molecular weight is 498 g/mol. The van der Waals surface area contributed by atoms with Crippen LogP contribution in [0.2, 0.25) is 5.02 Å². The van der Waals surface area contributed by atoms with Crippen LogP contribution in [0.1, 0.15) is 25.8 Å². The second-order valence-corrected chi connectivity index (χ2v) is 7.99. The molecule has 8 heteroatoms.